The van der Waals surface area contributed by atoms with Crippen LogP contribution in [0.15, 0.2) is 12.3 Å². The molecular formula is C7H12O5. The van der Waals surface area contributed by atoms with Gasteiger partial charge in [-0.25, -0.2) is 0 Å². The Balaban J connectivity index is 2.60. The van der Waals surface area contributed by atoms with Gasteiger partial charge in [0.2, 0.25) is 0 Å². The molecule has 5 nitrogen and oxygen atoms in total. The van der Waals surface area contributed by atoms with Crippen molar-refractivity contribution in [2.75, 3.05) is 6.61 Å². The predicted octanol–water partition coefficient (Wildman–Crippen LogP) is -2.03. The molecule has 0 fully saturated rings. The molecule has 70 valence electrons. The van der Waals surface area contributed by atoms with Gasteiger partial charge in [-0.15, -0.1) is 0 Å². The lowest BCUT2D eigenvalue weighted by Gasteiger charge is -2.30. The summed E-state index contributed by atoms with van der Waals surface area (Å²) in [5.41, 5.74) is 0. The zero-order valence-electron chi connectivity index (χ0n) is 6.37. The molecule has 1 heterocycles. The van der Waals surface area contributed by atoms with Crippen LogP contribution < -0.4 is 0 Å². The fraction of sp³-hybridized carbons (Fsp3) is 0.714. The lowest BCUT2D eigenvalue weighted by molar-refractivity contribution is -0.120. The van der Waals surface area contributed by atoms with Gasteiger partial charge in [-0.2, -0.15) is 0 Å². The van der Waals surface area contributed by atoms with Crippen molar-refractivity contribution < 1.29 is 25.2 Å². The Labute approximate surface area is 69.5 Å². The average molecular weight is 176 g/mol. The highest BCUT2D eigenvalue weighted by Crippen LogP contribution is 2.15. The van der Waals surface area contributed by atoms with Crippen LogP contribution in [0, 0.1) is 0 Å². The number of hydrogen-bond donors (Lipinski definition) is 4. The third-order valence-electron chi connectivity index (χ3n) is 1.76. The standard InChI is InChI=1S/C7H12O5/c8-3-5(10)7-6(11)4(9)1-2-12-7/h1-2,4-11H,3H2/t4-,5-,6+,7?/m1/s1. The third-order valence-corrected chi connectivity index (χ3v) is 1.76. The summed E-state index contributed by atoms with van der Waals surface area (Å²) < 4.78 is 4.81. The van der Waals surface area contributed by atoms with Crippen molar-refractivity contribution in [2.45, 2.75) is 24.4 Å². The van der Waals surface area contributed by atoms with Crippen LogP contribution in [0.25, 0.3) is 0 Å². The first-order chi connectivity index (χ1) is 5.66. The first kappa shape index (κ1) is 9.47. The minimum Gasteiger partial charge on any atom is -0.493 e. The molecule has 0 radical (unpaired) electrons. The van der Waals surface area contributed by atoms with Crippen LogP contribution in [0.4, 0.5) is 0 Å². The Hall–Kier alpha value is -0.620. The Kier molecular flexibility index (Phi) is 3.05. The number of hydrogen-bond acceptors (Lipinski definition) is 5. The maximum Gasteiger partial charge on any atom is 0.154 e. The fourth-order valence-electron chi connectivity index (χ4n) is 1.03. The highest BCUT2D eigenvalue weighted by molar-refractivity contribution is 4.98. The lowest BCUT2D eigenvalue weighted by atomic mass is 10.0. The summed E-state index contributed by atoms with van der Waals surface area (Å²) in [7, 11) is 0. The molecule has 1 unspecified atom stereocenters. The van der Waals surface area contributed by atoms with Crippen LogP contribution in [-0.2, 0) is 4.74 Å². The Morgan fingerprint density at radius 2 is 2.08 bits per heavy atom. The second-order valence-corrected chi connectivity index (χ2v) is 2.66. The van der Waals surface area contributed by atoms with Crippen LogP contribution in [0.2, 0.25) is 0 Å². The number of aliphatic hydroxyl groups is 4. The van der Waals surface area contributed by atoms with Crippen molar-refractivity contribution in [2.24, 2.45) is 0 Å². The van der Waals surface area contributed by atoms with Gasteiger partial charge in [0, 0.05) is 0 Å². The molecule has 0 saturated heterocycles. The Bertz CT molecular complexity index is 169. The van der Waals surface area contributed by atoms with Crippen LogP contribution in [0.1, 0.15) is 0 Å². The van der Waals surface area contributed by atoms with Gasteiger partial charge in [0.05, 0.1) is 12.9 Å². The van der Waals surface area contributed by atoms with E-state index in [1.54, 1.807) is 0 Å². The van der Waals surface area contributed by atoms with E-state index >= 15 is 0 Å². The first-order valence-corrected chi connectivity index (χ1v) is 3.64. The lowest BCUT2D eigenvalue weighted by Crippen LogP contribution is -2.48. The van der Waals surface area contributed by atoms with E-state index in [2.05, 4.69) is 0 Å². The van der Waals surface area contributed by atoms with E-state index in [1.807, 2.05) is 0 Å². The van der Waals surface area contributed by atoms with Crippen LogP contribution in [0.5, 0.6) is 0 Å². The maximum atomic E-state index is 9.24. The summed E-state index contributed by atoms with van der Waals surface area (Å²) in [6, 6.07) is 0. The molecule has 5 heteroatoms. The van der Waals surface area contributed by atoms with Crippen LogP contribution >= 0.6 is 0 Å². The number of rotatable bonds is 2. The summed E-state index contributed by atoms with van der Waals surface area (Å²) in [6.45, 7) is -0.512. The first-order valence-electron chi connectivity index (χ1n) is 3.64. The highest BCUT2D eigenvalue weighted by atomic mass is 16.5. The van der Waals surface area contributed by atoms with Crippen molar-refractivity contribution in [1.82, 2.24) is 0 Å². The van der Waals surface area contributed by atoms with E-state index < -0.39 is 31.0 Å². The summed E-state index contributed by atoms with van der Waals surface area (Å²) in [5.74, 6) is 0. The quantitative estimate of drug-likeness (QED) is 0.390. The van der Waals surface area contributed by atoms with Gasteiger partial charge in [-0.3, -0.25) is 0 Å². The monoisotopic (exact) mass is 176 g/mol. The second kappa shape index (κ2) is 3.86. The molecule has 0 spiro atoms. The van der Waals surface area contributed by atoms with Crippen molar-refractivity contribution in [3.63, 3.8) is 0 Å². The van der Waals surface area contributed by atoms with E-state index in [-0.39, 0.29) is 0 Å². The highest BCUT2D eigenvalue weighted by Gasteiger charge is 2.34. The molecule has 1 aliphatic heterocycles. The second-order valence-electron chi connectivity index (χ2n) is 2.66. The molecule has 1 rings (SSSR count). The molecule has 12 heavy (non-hydrogen) atoms. The van der Waals surface area contributed by atoms with E-state index in [4.69, 9.17) is 20.1 Å². The van der Waals surface area contributed by atoms with Crippen LogP contribution in [-0.4, -0.2) is 51.4 Å². The molecule has 0 aromatic carbocycles. The van der Waals surface area contributed by atoms with Gasteiger partial charge in [0.1, 0.15) is 18.3 Å². The molecule has 0 aliphatic carbocycles. The SMILES string of the molecule is OC[C@@H](O)C1OC=C[C@@H](O)[C@@H]1O. The van der Waals surface area contributed by atoms with Crippen molar-refractivity contribution in [3.8, 4) is 0 Å². The Morgan fingerprint density at radius 3 is 2.67 bits per heavy atom. The van der Waals surface area contributed by atoms with Crippen molar-refractivity contribution in [1.29, 1.82) is 0 Å². The molecular weight excluding hydrogens is 164 g/mol. The number of ether oxygens (including phenoxy) is 1. The smallest absolute Gasteiger partial charge is 0.154 e. The molecule has 1 aliphatic rings. The molecule has 0 aromatic rings. The summed E-state index contributed by atoms with van der Waals surface area (Å²) >= 11 is 0. The zero-order chi connectivity index (χ0) is 9.14. The molecule has 4 atom stereocenters. The van der Waals surface area contributed by atoms with Crippen molar-refractivity contribution >= 4 is 0 Å². The summed E-state index contributed by atoms with van der Waals surface area (Å²) in [6.07, 6.45) is -1.93. The zero-order valence-corrected chi connectivity index (χ0v) is 6.37. The van der Waals surface area contributed by atoms with Gasteiger partial charge < -0.3 is 25.2 Å². The molecule has 0 saturated carbocycles. The topological polar surface area (TPSA) is 90.2 Å². The van der Waals surface area contributed by atoms with Gasteiger partial charge in [0.25, 0.3) is 0 Å². The van der Waals surface area contributed by atoms with Gasteiger partial charge in [-0.1, -0.05) is 0 Å². The summed E-state index contributed by atoms with van der Waals surface area (Å²) in [5, 5.41) is 36.0. The molecule has 0 bridgehead atoms. The Morgan fingerprint density at radius 1 is 1.42 bits per heavy atom. The molecule has 0 aromatic heterocycles. The van der Waals surface area contributed by atoms with E-state index in [0.717, 1.165) is 0 Å². The molecule has 4 N–H and O–H groups in total. The maximum absolute atomic E-state index is 9.24. The average Bonchev–Trinajstić information content (AvgIpc) is 2.08. The van der Waals surface area contributed by atoms with Crippen molar-refractivity contribution in [3.05, 3.63) is 12.3 Å². The van der Waals surface area contributed by atoms with Gasteiger partial charge in [-0.05, 0) is 6.08 Å². The van der Waals surface area contributed by atoms with E-state index in [1.165, 1.54) is 12.3 Å². The predicted molar refractivity (Wildman–Crippen MR) is 39.1 cm³/mol. The minimum absolute atomic E-state index is 0.512. The molecule has 0 amide bonds. The minimum atomic E-state index is -1.20. The summed E-state index contributed by atoms with van der Waals surface area (Å²) in [4.78, 5) is 0. The normalized spacial score (nSPS) is 37.5. The van der Waals surface area contributed by atoms with E-state index in [9.17, 15) is 5.11 Å². The van der Waals surface area contributed by atoms with Crippen LogP contribution in [0.3, 0.4) is 0 Å². The van der Waals surface area contributed by atoms with Gasteiger partial charge >= 0.3 is 0 Å². The third kappa shape index (κ3) is 1.75. The fourth-order valence-corrected chi connectivity index (χ4v) is 1.03. The van der Waals surface area contributed by atoms with E-state index in [0.29, 0.717) is 0 Å². The van der Waals surface area contributed by atoms with Gasteiger partial charge in [0.15, 0.2) is 6.10 Å². The number of aliphatic hydroxyl groups excluding tert-OH is 4. The largest absolute Gasteiger partial charge is 0.493 e.